The van der Waals surface area contributed by atoms with Crippen LogP contribution in [0.15, 0.2) is 69.5 Å². The van der Waals surface area contributed by atoms with Crippen LogP contribution in [0.1, 0.15) is 11.4 Å². The first kappa shape index (κ1) is 17.1. The molecule has 6 heteroatoms. The fourth-order valence-corrected chi connectivity index (χ4v) is 2.69. The van der Waals surface area contributed by atoms with E-state index in [-0.39, 0.29) is 5.56 Å². The average Bonchev–Trinajstić information content (AvgIpc) is 2.61. The highest BCUT2D eigenvalue weighted by Gasteiger charge is 2.07. The Kier molecular flexibility index (Phi) is 5.09. The summed E-state index contributed by atoms with van der Waals surface area (Å²) in [4.78, 5) is 17.1. The molecule has 2 aromatic carbocycles. The Hall–Kier alpha value is -2.73. The van der Waals surface area contributed by atoms with E-state index in [2.05, 4.69) is 32.6 Å². The highest BCUT2D eigenvalue weighted by molar-refractivity contribution is 9.10. The smallest absolute Gasteiger partial charge is 0.282 e. The maximum absolute atomic E-state index is 12.7. The fourth-order valence-electron chi connectivity index (χ4n) is 2.33. The molecule has 0 atom stereocenters. The topological polar surface area (TPSA) is 56.5 Å². The van der Waals surface area contributed by atoms with Crippen molar-refractivity contribution in [1.29, 1.82) is 0 Å². The van der Waals surface area contributed by atoms with E-state index in [4.69, 9.17) is 4.74 Å². The number of hydrogen-bond donors (Lipinski definition) is 0. The van der Waals surface area contributed by atoms with Crippen molar-refractivity contribution >= 4 is 33.0 Å². The van der Waals surface area contributed by atoms with Gasteiger partial charge in [0.2, 0.25) is 0 Å². The molecule has 3 rings (SSSR count). The SMILES string of the molecule is C=CCOc1ccc(C=Nn2c(C)nc3ccc(Br)cc3c2=O)cc1. The third kappa shape index (κ3) is 3.85. The molecule has 3 aromatic rings. The molecular weight excluding hydrogens is 382 g/mol. The summed E-state index contributed by atoms with van der Waals surface area (Å²) in [6.07, 6.45) is 3.31. The van der Waals surface area contributed by atoms with E-state index in [9.17, 15) is 4.79 Å². The van der Waals surface area contributed by atoms with E-state index in [1.54, 1.807) is 25.3 Å². The summed E-state index contributed by atoms with van der Waals surface area (Å²) in [6.45, 7) is 5.83. The summed E-state index contributed by atoms with van der Waals surface area (Å²) in [7, 11) is 0. The molecule has 0 radical (unpaired) electrons. The van der Waals surface area contributed by atoms with Crippen molar-refractivity contribution < 1.29 is 4.74 Å². The second-order valence-corrected chi connectivity index (χ2v) is 6.27. The van der Waals surface area contributed by atoms with Crippen molar-refractivity contribution in [1.82, 2.24) is 9.66 Å². The molecular formula is C19H16BrN3O2. The Morgan fingerprint density at radius 1 is 1.28 bits per heavy atom. The van der Waals surface area contributed by atoms with Crippen molar-refractivity contribution in [3.63, 3.8) is 0 Å². The minimum Gasteiger partial charge on any atom is -0.490 e. The highest BCUT2D eigenvalue weighted by atomic mass is 79.9. The summed E-state index contributed by atoms with van der Waals surface area (Å²) < 4.78 is 7.57. The minimum absolute atomic E-state index is 0.203. The molecule has 0 saturated heterocycles. The number of fused-ring (bicyclic) bond motifs is 1. The third-order valence-electron chi connectivity index (χ3n) is 3.54. The van der Waals surface area contributed by atoms with Crippen LogP contribution in [0.4, 0.5) is 0 Å². The van der Waals surface area contributed by atoms with Crippen LogP contribution in [0, 0.1) is 6.92 Å². The average molecular weight is 398 g/mol. The van der Waals surface area contributed by atoms with Gasteiger partial charge in [0.05, 0.1) is 17.1 Å². The zero-order chi connectivity index (χ0) is 17.8. The second-order valence-electron chi connectivity index (χ2n) is 5.35. The van der Waals surface area contributed by atoms with Gasteiger partial charge < -0.3 is 4.74 Å². The van der Waals surface area contributed by atoms with Gasteiger partial charge in [-0.05, 0) is 55.0 Å². The number of ether oxygens (including phenoxy) is 1. The quantitative estimate of drug-likeness (QED) is 0.484. The van der Waals surface area contributed by atoms with Crippen LogP contribution in [0.25, 0.3) is 10.9 Å². The number of halogens is 1. The Bertz CT molecular complexity index is 1010. The number of aryl methyl sites for hydroxylation is 1. The predicted molar refractivity (Wildman–Crippen MR) is 104 cm³/mol. The van der Waals surface area contributed by atoms with Crippen molar-refractivity contribution in [3.05, 3.63) is 81.3 Å². The number of hydrogen-bond acceptors (Lipinski definition) is 4. The van der Waals surface area contributed by atoms with Crippen LogP contribution >= 0.6 is 15.9 Å². The lowest BCUT2D eigenvalue weighted by Crippen LogP contribution is -2.20. The lowest BCUT2D eigenvalue weighted by molar-refractivity contribution is 0.363. The summed E-state index contributed by atoms with van der Waals surface area (Å²) in [5.74, 6) is 1.28. The first-order valence-corrected chi connectivity index (χ1v) is 8.45. The zero-order valence-corrected chi connectivity index (χ0v) is 15.2. The Labute approximate surface area is 153 Å². The molecule has 0 aliphatic carbocycles. The van der Waals surface area contributed by atoms with Crippen molar-refractivity contribution in [3.8, 4) is 5.75 Å². The number of nitrogens with zero attached hydrogens (tertiary/aromatic N) is 3. The summed E-state index contributed by atoms with van der Waals surface area (Å²) in [5, 5.41) is 4.81. The molecule has 126 valence electrons. The van der Waals surface area contributed by atoms with Crippen LogP contribution in [0.3, 0.4) is 0 Å². The van der Waals surface area contributed by atoms with Gasteiger partial charge in [-0.1, -0.05) is 28.6 Å². The normalized spacial score (nSPS) is 11.1. The monoisotopic (exact) mass is 397 g/mol. The summed E-state index contributed by atoms with van der Waals surface area (Å²) >= 11 is 3.38. The first-order chi connectivity index (χ1) is 12.1. The first-order valence-electron chi connectivity index (χ1n) is 7.65. The standard InChI is InChI=1S/C19H16BrN3O2/c1-3-10-25-16-7-4-14(5-8-16)12-21-23-13(2)22-18-9-6-15(20)11-17(18)19(23)24/h3-9,11-12H,1,10H2,2H3. The van der Waals surface area contributed by atoms with Gasteiger partial charge in [-0.2, -0.15) is 9.78 Å². The van der Waals surface area contributed by atoms with E-state index >= 15 is 0 Å². The van der Waals surface area contributed by atoms with E-state index in [0.717, 1.165) is 15.8 Å². The summed E-state index contributed by atoms with van der Waals surface area (Å²) in [6, 6.07) is 12.8. The van der Waals surface area contributed by atoms with Crippen LogP contribution in [0.2, 0.25) is 0 Å². The molecule has 0 spiro atoms. The third-order valence-corrected chi connectivity index (χ3v) is 4.03. The van der Waals surface area contributed by atoms with Crippen LogP contribution in [0.5, 0.6) is 5.75 Å². The predicted octanol–water partition coefficient (Wildman–Crippen LogP) is 3.91. The lowest BCUT2D eigenvalue weighted by atomic mass is 10.2. The Morgan fingerprint density at radius 3 is 2.76 bits per heavy atom. The Balaban J connectivity index is 1.93. The molecule has 0 saturated carbocycles. The maximum atomic E-state index is 12.7. The molecule has 0 aliphatic rings. The van der Waals surface area contributed by atoms with Crippen LogP contribution < -0.4 is 10.3 Å². The van der Waals surface area contributed by atoms with Gasteiger partial charge in [-0.25, -0.2) is 4.98 Å². The van der Waals surface area contributed by atoms with Gasteiger partial charge in [-0.3, -0.25) is 4.79 Å². The van der Waals surface area contributed by atoms with Gasteiger partial charge in [0.25, 0.3) is 5.56 Å². The van der Waals surface area contributed by atoms with Crippen molar-refractivity contribution in [2.45, 2.75) is 6.92 Å². The van der Waals surface area contributed by atoms with Crippen LogP contribution in [-0.4, -0.2) is 22.5 Å². The van der Waals surface area contributed by atoms with Gasteiger partial charge in [0, 0.05) is 4.47 Å². The highest BCUT2D eigenvalue weighted by Crippen LogP contribution is 2.16. The van der Waals surface area contributed by atoms with Crippen molar-refractivity contribution in [2.24, 2.45) is 5.10 Å². The molecule has 0 fully saturated rings. The van der Waals surface area contributed by atoms with Gasteiger partial charge in [-0.15, -0.1) is 0 Å². The molecule has 1 aromatic heterocycles. The molecule has 5 nitrogen and oxygen atoms in total. The number of aromatic nitrogens is 2. The van der Waals surface area contributed by atoms with E-state index in [0.29, 0.717) is 23.3 Å². The minimum atomic E-state index is -0.203. The zero-order valence-electron chi connectivity index (χ0n) is 13.6. The van der Waals surface area contributed by atoms with E-state index < -0.39 is 0 Å². The second kappa shape index (κ2) is 7.44. The maximum Gasteiger partial charge on any atom is 0.282 e. The van der Waals surface area contributed by atoms with Gasteiger partial charge >= 0.3 is 0 Å². The molecule has 0 aliphatic heterocycles. The Morgan fingerprint density at radius 2 is 2.04 bits per heavy atom. The molecule has 0 amide bonds. The summed E-state index contributed by atoms with van der Waals surface area (Å²) in [5.41, 5.74) is 1.30. The van der Waals surface area contributed by atoms with Gasteiger partial charge in [0.15, 0.2) is 0 Å². The van der Waals surface area contributed by atoms with E-state index in [1.807, 2.05) is 36.4 Å². The number of benzene rings is 2. The molecule has 0 N–H and O–H groups in total. The lowest BCUT2D eigenvalue weighted by Gasteiger charge is -2.06. The fraction of sp³-hybridized carbons (Fsp3) is 0.105. The number of rotatable bonds is 5. The molecule has 0 unspecified atom stereocenters. The molecule has 1 heterocycles. The molecule has 25 heavy (non-hydrogen) atoms. The van der Waals surface area contributed by atoms with Gasteiger partial charge in [0.1, 0.15) is 18.2 Å². The van der Waals surface area contributed by atoms with Crippen molar-refractivity contribution in [2.75, 3.05) is 6.61 Å². The largest absolute Gasteiger partial charge is 0.490 e. The molecule has 0 bridgehead atoms. The van der Waals surface area contributed by atoms with E-state index in [1.165, 1.54) is 4.68 Å². The van der Waals surface area contributed by atoms with Crippen LogP contribution in [-0.2, 0) is 0 Å².